The van der Waals surface area contributed by atoms with Crippen LogP contribution in [0, 0.1) is 35.0 Å². The molecule has 0 atom stereocenters. The molecule has 1 aliphatic rings. The van der Waals surface area contributed by atoms with Crippen LogP contribution < -0.4 is 5.32 Å². The molecule has 0 aromatic heterocycles. The van der Waals surface area contributed by atoms with Gasteiger partial charge in [0.25, 0.3) is 0 Å². The summed E-state index contributed by atoms with van der Waals surface area (Å²) in [6.45, 7) is 2.49. The standard InChI is InChI=1S/C21H16N4O.C3H4/c22-13-15-3-2-11-24-21(25-12-10-15)19-5-1-4-18(20(19)26)17-8-6-16(14-23)7-9-17;1-3-2/h1-10,26H,11-12H2,(H,24,25);1H,2H3/b3-2-,15-10+;. The van der Waals surface area contributed by atoms with Crippen molar-refractivity contribution in [1.29, 1.82) is 10.5 Å². The van der Waals surface area contributed by atoms with Gasteiger partial charge in [0, 0.05) is 17.7 Å². The summed E-state index contributed by atoms with van der Waals surface area (Å²) in [6, 6.07) is 16.7. The van der Waals surface area contributed by atoms with Gasteiger partial charge in [-0.1, -0.05) is 30.3 Å². The summed E-state index contributed by atoms with van der Waals surface area (Å²) in [5.74, 6) is 2.94. The Balaban J connectivity index is 0.000000941. The summed E-state index contributed by atoms with van der Waals surface area (Å²) in [6.07, 6.45) is 9.92. The molecule has 5 heteroatoms. The predicted molar refractivity (Wildman–Crippen MR) is 115 cm³/mol. The third-order valence-corrected chi connectivity index (χ3v) is 3.99. The van der Waals surface area contributed by atoms with Crippen LogP contribution in [0.25, 0.3) is 11.1 Å². The minimum Gasteiger partial charge on any atom is -0.507 e. The lowest BCUT2D eigenvalue weighted by molar-refractivity contribution is 0.476. The molecule has 1 aliphatic heterocycles. The molecule has 29 heavy (non-hydrogen) atoms. The minimum atomic E-state index is 0.121. The first-order valence-corrected chi connectivity index (χ1v) is 8.90. The van der Waals surface area contributed by atoms with Crippen molar-refractivity contribution in [1.82, 2.24) is 5.32 Å². The van der Waals surface area contributed by atoms with E-state index >= 15 is 0 Å². The SMILES string of the molecule is C#CC.N#CC1=C/CNC(c2cccc(-c3ccc(C#N)cc3)c2O)=NC/C=C\1. The molecule has 0 saturated heterocycles. The molecule has 0 aliphatic carbocycles. The largest absolute Gasteiger partial charge is 0.507 e. The highest BCUT2D eigenvalue weighted by Crippen LogP contribution is 2.32. The topological polar surface area (TPSA) is 92.2 Å². The van der Waals surface area contributed by atoms with Crippen LogP contribution >= 0.6 is 0 Å². The van der Waals surface area contributed by atoms with Crippen LogP contribution in [0.1, 0.15) is 18.1 Å². The second-order valence-electron chi connectivity index (χ2n) is 5.92. The molecule has 0 radical (unpaired) electrons. The number of aliphatic imine (C=N–C) groups is 1. The van der Waals surface area contributed by atoms with Crippen LogP contribution in [-0.4, -0.2) is 24.0 Å². The number of benzene rings is 2. The van der Waals surface area contributed by atoms with Crippen molar-refractivity contribution in [2.75, 3.05) is 13.1 Å². The number of nitrogens with one attached hydrogen (secondary N) is 1. The van der Waals surface area contributed by atoms with Crippen LogP contribution in [0.3, 0.4) is 0 Å². The van der Waals surface area contributed by atoms with E-state index in [2.05, 4.69) is 34.8 Å². The summed E-state index contributed by atoms with van der Waals surface area (Å²) in [5, 5.41) is 31.9. The Kier molecular flexibility index (Phi) is 7.82. The van der Waals surface area contributed by atoms with Crippen molar-refractivity contribution in [2.45, 2.75) is 6.92 Å². The number of phenolic OH excluding ortho intramolecular Hbond substituents is 1. The Hall–Kier alpha value is -4.27. The highest BCUT2D eigenvalue weighted by molar-refractivity contribution is 6.03. The Bertz CT molecular complexity index is 1070. The third kappa shape index (κ3) is 5.60. The summed E-state index contributed by atoms with van der Waals surface area (Å²) in [5.41, 5.74) is 3.22. The van der Waals surface area contributed by atoms with Gasteiger partial charge in [0.2, 0.25) is 0 Å². The Morgan fingerprint density at radius 1 is 1.07 bits per heavy atom. The van der Waals surface area contributed by atoms with Crippen molar-refractivity contribution in [3.63, 3.8) is 0 Å². The first-order chi connectivity index (χ1) is 14.1. The zero-order valence-corrected chi connectivity index (χ0v) is 16.1. The van der Waals surface area contributed by atoms with Gasteiger partial charge in [0.05, 0.1) is 29.8 Å². The van der Waals surface area contributed by atoms with Gasteiger partial charge in [-0.3, -0.25) is 4.99 Å². The van der Waals surface area contributed by atoms with E-state index in [4.69, 9.17) is 10.5 Å². The molecule has 0 bridgehead atoms. The van der Waals surface area contributed by atoms with Crippen LogP contribution in [0.4, 0.5) is 0 Å². The summed E-state index contributed by atoms with van der Waals surface area (Å²) in [4.78, 5) is 4.48. The maximum Gasteiger partial charge on any atom is 0.134 e. The van der Waals surface area contributed by atoms with Gasteiger partial charge in [0.15, 0.2) is 0 Å². The molecule has 0 unspecified atom stereocenters. The molecular formula is C24H20N4O. The molecular weight excluding hydrogens is 360 g/mol. The molecule has 2 N–H and O–H groups in total. The Morgan fingerprint density at radius 3 is 2.41 bits per heavy atom. The Morgan fingerprint density at radius 2 is 1.76 bits per heavy atom. The number of rotatable bonds is 2. The first kappa shape index (κ1) is 21.0. The normalized spacial score (nSPS) is 15.5. The van der Waals surface area contributed by atoms with Gasteiger partial charge >= 0.3 is 0 Å². The van der Waals surface area contributed by atoms with E-state index in [0.717, 1.165) is 5.56 Å². The molecule has 2 aromatic carbocycles. The number of terminal acetylenes is 1. The fourth-order valence-electron chi connectivity index (χ4n) is 2.66. The molecule has 2 aromatic rings. The van der Waals surface area contributed by atoms with Gasteiger partial charge in [0.1, 0.15) is 11.6 Å². The van der Waals surface area contributed by atoms with E-state index in [1.807, 2.05) is 18.2 Å². The maximum absolute atomic E-state index is 10.8. The fraction of sp³-hybridized carbons (Fsp3) is 0.125. The molecule has 5 nitrogen and oxygen atoms in total. The number of hydrogen-bond acceptors (Lipinski definition) is 5. The molecule has 0 fully saturated rings. The molecule has 0 saturated carbocycles. The zero-order chi connectivity index (χ0) is 21.1. The fourth-order valence-corrected chi connectivity index (χ4v) is 2.66. The van der Waals surface area contributed by atoms with Gasteiger partial charge < -0.3 is 10.4 Å². The van der Waals surface area contributed by atoms with Gasteiger partial charge in [-0.15, -0.1) is 12.3 Å². The number of nitriles is 2. The van der Waals surface area contributed by atoms with Crippen LogP contribution in [0.5, 0.6) is 5.75 Å². The number of amidine groups is 1. The second-order valence-corrected chi connectivity index (χ2v) is 5.92. The lowest BCUT2D eigenvalue weighted by Crippen LogP contribution is -2.25. The molecule has 1 heterocycles. The minimum absolute atomic E-state index is 0.121. The summed E-state index contributed by atoms with van der Waals surface area (Å²) >= 11 is 0. The highest BCUT2D eigenvalue weighted by atomic mass is 16.3. The average Bonchev–Trinajstić information content (AvgIpc) is 2.86. The smallest absolute Gasteiger partial charge is 0.134 e. The lowest BCUT2D eigenvalue weighted by Gasteiger charge is -2.13. The quantitative estimate of drug-likeness (QED) is 0.772. The maximum atomic E-state index is 10.8. The van der Waals surface area contributed by atoms with E-state index in [-0.39, 0.29) is 5.75 Å². The van der Waals surface area contributed by atoms with Crippen molar-refractivity contribution in [3.05, 3.63) is 77.4 Å². The van der Waals surface area contributed by atoms with Gasteiger partial charge in [-0.05, 0) is 42.8 Å². The number of hydrogen-bond donors (Lipinski definition) is 2. The van der Waals surface area contributed by atoms with E-state index in [1.54, 1.807) is 49.4 Å². The van der Waals surface area contributed by atoms with Crippen LogP contribution in [0.2, 0.25) is 0 Å². The lowest BCUT2D eigenvalue weighted by atomic mass is 10.00. The number of allylic oxidation sites excluding steroid dienone is 2. The van der Waals surface area contributed by atoms with E-state index in [9.17, 15) is 5.11 Å². The second kappa shape index (κ2) is 10.8. The van der Waals surface area contributed by atoms with Crippen molar-refractivity contribution in [2.24, 2.45) is 4.99 Å². The molecule has 0 spiro atoms. The first-order valence-electron chi connectivity index (χ1n) is 8.90. The van der Waals surface area contributed by atoms with E-state index in [1.165, 1.54) is 0 Å². The number of nitrogens with zero attached hydrogens (tertiary/aromatic N) is 3. The monoisotopic (exact) mass is 380 g/mol. The molecule has 142 valence electrons. The van der Waals surface area contributed by atoms with Gasteiger partial charge in [-0.25, -0.2) is 0 Å². The van der Waals surface area contributed by atoms with E-state index < -0.39 is 0 Å². The highest BCUT2D eigenvalue weighted by Gasteiger charge is 2.14. The van der Waals surface area contributed by atoms with Crippen molar-refractivity contribution >= 4 is 5.84 Å². The zero-order valence-electron chi connectivity index (χ0n) is 16.1. The number of phenols is 1. The van der Waals surface area contributed by atoms with E-state index in [0.29, 0.717) is 41.2 Å². The molecule has 3 rings (SSSR count). The number of aromatic hydroxyl groups is 1. The predicted octanol–water partition coefficient (Wildman–Crippen LogP) is 3.93. The third-order valence-electron chi connectivity index (χ3n) is 3.99. The van der Waals surface area contributed by atoms with Crippen LogP contribution in [0.15, 0.2) is 71.3 Å². The average molecular weight is 380 g/mol. The van der Waals surface area contributed by atoms with Crippen molar-refractivity contribution < 1.29 is 5.11 Å². The Labute approximate surface area is 171 Å². The van der Waals surface area contributed by atoms with Crippen molar-refractivity contribution in [3.8, 4) is 41.4 Å². The van der Waals surface area contributed by atoms with Gasteiger partial charge in [-0.2, -0.15) is 10.5 Å². The van der Waals surface area contributed by atoms with Crippen LogP contribution in [-0.2, 0) is 0 Å². The summed E-state index contributed by atoms with van der Waals surface area (Å²) < 4.78 is 0. The summed E-state index contributed by atoms with van der Waals surface area (Å²) in [7, 11) is 0. The number of para-hydroxylation sites is 1. The molecule has 0 amide bonds.